The molecule has 1 aromatic rings. The van der Waals surface area contributed by atoms with Gasteiger partial charge >= 0.3 is 0 Å². The summed E-state index contributed by atoms with van der Waals surface area (Å²) in [5.41, 5.74) is 1.73. The highest BCUT2D eigenvalue weighted by Crippen LogP contribution is 2.20. The van der Waals surface area contributed by atoms with Gasteiger partial charge in [0.2, 0.25) is 5.91 Å². The Bertz CT molecular complexity index is 354. The third kappa shape index (κ3) is 2.61. The molecule has 1 N–H and O–H groups in total. The van der Waals surface area contributed by atoms with Crippen molar-refractivity contribution in [2.45, 2.75) is 39.8 Å². The number of carbonyl (C=O) groups excluding carboxylic acids is 1. The van der Waals surface area contributed by atoms with Crippen LogP contribution in [0.25, 0.3) is 0 Å². The molecule has 1 amide bonds. The van der Waals surface area contributed by atoms with Crippen molar-refractivity contribution in [3.8, 4) is 0 Å². The van der Waals surface area contributed by atoms with Crippen molar-refractivity contribution in [3.05, 3.63) is 17.0 Å². The van der Waals surface area contributed by atoms with Gasteiger partial charge in [-0.15, -0.1) is 0 Å². The fraction of sp³-hybridized carbons (Fsp3) is 0.636. The van der Waals surface area contributed by atoms with Gasteiger partial charge in [-0.2, -0.15) is 0 Å². The number of nitrogens with zero attached hydrogens (tertiary/aromatic N) is 1. The summed E-state index contributed by atoms with van der Waals surface area (Å²) >= 11 is 0. The Balaban J connectivity index is 2.73. The smallest absolute Gasteiger partial charge is 0.249 e. The lowest BCUT2D eigenvalue weighted by Crippen LogP contribution is -2.35. The maximum absolute atomic E-state index is 11.6. The van der Waals surface area contributed by atoms with Crippen molar-refractivity contribution in [2.75, 3.05) is 7.11 Å². The molecule has 90 valence electrons. The van der Waals surface area contributed by atoms with Gasteiger partial charge in [0.25, 0.3) is 0 Å². The summed E-state index contributed by atoms with van der Waals surface area (Å²) < 4.78 is 9.99. The standard InChI is InChI=1S/C11H18N2O3/c1-6(12-11(14)9(4)15-5)10-7(2)13-16-8(10)3/h6,9H,1-5H3,(H,12,14). The first-order chi connectivity index (χ1) is 7.47. The summed E-state index contributed by atoms with van der Waals surface area (Å²) in [6, 6.07) is -0.128. The minimum Gasteiger partial charge on any atom is -0.372 e. The number of carbonyl (C=O) groups is 1. The van der Waals surface area contributed by atoms with Crippen LogP contribution >= 0.6 is 0 Å². The Morgan fingerprint density at radius 2 is 2.06 bits per heavy atom. The molecule has 2 unspecified atom stereocenters. The Kier molecular flexibility index (Phi) is 4.06. The minimum absolute atomic E-state index is 0.128. The van der Waals surface area contributed by atoms with Crippen LogP contribution in [-0.2, 0) is 9.53 Å². The van der Waals surface area contributed by atoms with E-state index in [0.29, 0.717) is 0 Å². The van der Waals surface area contributed by atoms with Gasteiger partial charge in [-0.1, -0.05) is 5.16 Å². The van der Waals surface area contributed by atoms with E-state index in [1.54, 1.807) is 6.92 Å². The molecular formula is C11H18N2O3. The van der Waals surface area contributed by atoms with E-state index in [0.717, 1.165) is 17.0 Å². The highest BCUT2D eigenvalue weighted by atomic mass is 16.5. The zero-order chi connectivity index (χ0) is 12.3. The average Bonchev–Trinajstić information content (AvgIpc) is 2.57. The molecule has 0 aliphatic rings. The van der Waals surface area contributed by atoms with Crippen LogP contribution in [0.5, 0.6) is 0 Å². The Labute approximate surface area is 95.1 Å². The lowest BCUT2D eigenvalue weighted by atomic mass is 10.1. The quantitative estimate of drug-likeness (QED) is 0.845. The molecule has 0 aliphatic heterocycles. The van der Waals surface area contributed by atoms with Crippen LogP contribution in [0.15, 0.2) is 4.52 Å². The molecule has 1 aromatic heterocycles. The molecule has 5 heteroatoms. The van der Waals surface area contributed by atoms with E-state index in [4.69, 9.17) is 9.26 Å². The first-order valence-corrected chi connectivity index (χ1v) is 5.23. The molecule has 0 fully saturated rings. The predicted molar refractivity (Wildman–Crippen MR) is 59.0 cm³/mol. The Morgan fingerprint density at radius 3 is 2.50 bits per heavy atom. The Hall–Kier alpha value is -1.36. The molecule has 2 atom stereocenters. The molecule has 0 saturated carbocycles. The third-order valence-corrected chi connectivity index (χ3v) is 2.60. The summed E-state index contributed by atoms with van der Waals surface area (Å²) in [6.07, 6.45) is -0.456. The van der Waals surface area contributed by atoms with Gasteiger partial charge in [0, 0.05) is 12.7 Å². The van der Waals surface area contributed by atoms with E-state index in [-0.39, 0.29) is 11.9 Å². The van der Waals surface area contributed by atoms with E-state index in [9.17, 15) is 4.79 Å². The number of nitrogens with one attached hydrogen (secondary N) is 1. The number of amides is 1. The predicted octanol–water partition coefficient (Wildman–Crippen LogP) is 1.50. The zero-order valence-electron chi connectivity index (χ0n) is 10.3. The second-order valence-electron chi connectivity index (χ2n) is 3.85. The van der Waals surface area contributed by atoms with Crippen LogP contribution in [0.2, 0.25) is 0 Å². The Morgan fingerprint density at radius 1 is 1.44 bits per heavy atom. The molecule has 0 saturated heterocycles. The minimum atomic E-state index is -0.456. The summed E-state index contributed by atoms with van der Waals surface area (Å²) in [5, 5.41) is 6.70. The number of methoxy groups -OCH3 is 1. The maximum atomic E-state index is 11.6. The number of aryl methyl sites for hydroxylation is 2. The summed E-state index contributed by atoms with van der Waals surface area (Å²) in [4.78, 5) is 11.6. The van der Waals surface area contributed by atoms with Crippen molar-refractivity contribution < 1.29 is 14.1 Å². The maximum Gasteiger partial charge on any atom is 0.249 e. The molecule has 0 bridgehead atoms. The monoisotopic (exact) mass is 226 g/mol. The molecule has 0 aromatic carbocycles. The van der Waals surface area contributed by atoms with Crippen LogP contribution in [-0.4, -0.2) is 24.3 Å². The van der Waals surface area contributed by atoms with Crippen molar-refractivity contribution in [3.63, 3.8) is 0 Å². The average molecular weight is 226 g/mol. The van der Waals surface area contributed by atoms with E-state index in [1.807, 2.05) is 20.8 Å². The number of rotatable bonds is 4. The van der Waals surface area contributed by atoms with Gasteiger partial charge in [0.15, 0.2) is 0 Å². The van der Waals surface area contributed by atoms with Gasteiger partial charge in [0.05, 0.1) is 11.7 Å². The largest absolute Gasteiger partial charge is 0.372 e. The normalized spacial score (nSPS) is 14.6. The lowest BCUT2D eigenvalue weighted by molar-refractivity contribution is -0.130. The first kappa shape index (κ1) is 12.7. The van der Waals surface area contributed by atoms with Gasteiger partial charge in [-0.05, 0) is 27.7 Å². The fourth-order valence-corrected chi connectivity index (χ4v) is 1.62. The molecule has 5 nitrogen and oxygen atoms in total. The molecule has 0 spiro atoms. The third-order valence-electron chi connectivity index (χ3n) is 2.60. The molecule has 1 heterocycles. The molecule has 16 heavy (non-hydrogen) atoms. The van der Waals surface area contributed by atoms with Crippen LogP contribution in [0.3, 0.4) is 0 Å². The van der Waals surface area contributed by atoms with Crippen molar-refractivity contribution >= 4 is 5.91 Å². The van der Waals surface area contributed by atoms with Crippen LogP contribution < -0.4 is 5.32 Å². The first-order valence-electron chi connectivity index (χ1n) is 5.23. The molecule has 1 rings (SSSR count). The fourth-order valence-electron chi connectivity index (χ4n) is 1.62. The highest BCUT2D eigenvalue weighted by Gasteiger charge is 2.20. The van der Waals surface area contributed by atoms with Crippen LogP contribution in [0.4, 0.5) is 0 Å². The highest BCUT2D eigenvalue weighted by molar-refractivity contribution is 5.80. The molecule has 0 aliphatic carbocycles. The van der Waals surface area contributed by atoms with Crippen molar-refractivity contribution in [2.24, 2.45) is 0 Å². The summed E-state index contributed by atoms with van der Waals surface area (Å²) in [5.74, 6) is 0.588. The van der Waals surface area contributed by atoms with Crippen LogP contribution in [0, 0.1) is 13.8 Å². The van der Waals surface area contributed by atoms with Gasteiger partial charge in [-0.25, -0.2) is 0 Å². The van der Waals surface area contributed by atoms with Gasteiger partial charge in [0.1, 0.15) is 11.9 Å². The van der Waals surface area contributed by atoms with E-state index >= 15 is 0 Å². The van der Waals surface area contributed by atoms with E-state index in [2.05, 4.69) is 10.5 Å². The zero-order valence-corrected chi connectivity index (χ0v) is 10.3. The number of hydrogen-bond donors (Lipinski definition) is 1. The molecule has 0 radical (unpaired) electrons. The van der Waals surface area contributed by atoms with Gasteiger partial charge < -0.3 is 14.6 Å². The number of ether oxygens (including phenoxy) is 1. The molecular weight excluding hydrogens is 208 g/mol. The number of aromatic nitrogens is 1. The van der Waals surface area contributed by atoms with Crippen molar-refractivity contribution in [1.82, 2.24) is 10.5 Å². The topological polar surface area (TPSA) is 64.4 Å². The van der Waals surface area contributed by atoms with Crippen LogP contribution in [0.1, 0.15) is 36.9 Å². The van der Waals surface area contributed by atoms with Crippen molar-refractivity contribution in [1.29, 1.82) is 0 Å². The summed E-state index contributed by atoms with van der Waals surface area (Å²) in [6.45, 7) is 7.29. The van der Waals surface area contributed by atoms with E-state index in [1.165, 1.54) is 7.11 Å². The second kappa shape index (κ2) is 5.12. The summed E-state index contributed by atoms with van der Waals surface area (Å²) in [7, 11) is 1.50. The number of hydrogen-bond acceptors (Lipinski definition) is 4. The van der Waals surface area contributed by atoms with E-state index < -0.39 is 6.10 Å². The SMILES string of the molecule is COC(C)C(=O)NC(C)c1c(C)noc1C. The second-order valence-corrected chi connectivity index (χ2v) is 3.85. The van der Waals surface area contributed by atoms with Gasteiger partial charge in [-0.3, -0.25) is 4.79 Å². The lowest BCUT2D eigenvalue weighted by Gasteiger charge is -2.16.